The van der Waals surface area contributed by atoms with Gasteiger partial charge < -0.3 is 15.0 Å². The highest BCUT2D eigenvalue weighted by atomic mass is 16.5. The second kappa shape index (κ2) is 7.83. The Morgan fingerprint density at radius 1 is 1.20 bits per heavy atom. The van der Waals surface area contributed by atoms with Gasteiger partial charge in [0.25, 0.3) is 0 Å². The van der Waals surface area contributed by atoms with E-state index in [0.29, 0.717) is 18.3 Å². The average molecular weight is 337 g/mol. The molecule has 1 heterocycles. The quantitative estimate of drug-likeness (QED) is 0.904. The van der Waals surface area contributed by atoms with E-state index in [0.717, 1.165) is 30.0 Å². The Hall–Kier alpha value is -2.82. The second-order valence-electron chi connectivity index (χ2n) is 6.26. The highest BCUT2D eigenvalue weighted by Gasteiger charge is 2.22. The molecule has 0 aliphatic carbocycles. The van der Waals surface area contributed by atoms with Gasteiger partial charge in [-0.2, -0.15) is 4.99 Å². The summed E-state index contributed by atoms with van der Waals surface area (Å²) in [5, 5.41) is 2.80. The third-order valence-corrected chi connectivity index (χ3v) is 4.44. The van der Waals surface area contributed by atoms with Gasteiger partial charge in [0.15, 0.2) is 0 Å². The van der Waals surface area contributed by atoms with Crippen molar-refractivity contribution < 1.29 is 9.53 Å². The topological polar surface area (TPSA) is 53.9 Å². The Kier molecular flexibility index (Phi) is 5.33. The van der Waals surface area contributed by atoms with Crippen LogP contribution in [-0.4, -0.2) is 29.9 Å². The van der Waals surface area contributed by atoms with E-state index < -0.39 is 0 Å². The number of anilines is 1. The molecule has 130 valence electrons. The molecular formula is C20H23N3O2. The summed E-state index contributed by atoms with van der Waals surface area (Å²) in [5.74, 6) is 1.60. The van der Waals surface area contributed by atoms with Gasteiger partial charge in [0.2, 0.25) is 0 Å². The zero-order valence-electron chi connectivity index (χ0n) is 14.6. The number of aliphatic imine (C=N–C) groups is 1. The van der Waals surface area contributed by atoms with Crippen LogP contribution in [-0.2, 0) is 6.61 Å². The summed E-state index contributed by atoms with van der Waals surface area (Å²) in [6, 6.07) is 17.4. The van der Waals surface area contributed by atoms with E-state index in [1.54, 1.807) is 0 Å². The van der Waals surface area contributed by atoms with Gasteiger partial charge in [0.1, 0.15) is 18.2 Å². The molecule has 1 fully saturated rings. The van der Waals surface area contributed by atoms with E-state index in [4.69, 9.17) is 4.74 Å². The summed E-state index contributed by atoms with van der Waals surface area (Å²) < 4.78 is 5.74. The van der Waals surface area contributed by atoms with Crippen LogP contribution in [0.2, 0.25) is 0 Å². The number of hydrogen-bond donors (Lipinski definition) is 1. The predicted octanol–water partition coefficient (Wildman–Crippen LogP) is 4.31. The number of ether oxygens (including phenoxy) is 1. The van der Waals surface area contributed by atoms with Crippen molar-refractivity contribution in [1.82, 2.24) is 4.90 Å². The van der Waals surface area contributed by atoms with E-state index in [1.807, 2.05) is 61.6 Å². The highest BCUT2D eigenvalue weighted by Crippen LogP contribution is 2.19. The molecule has 1 unspecified atom stereocenters. The second-order valence-corrected chi connectivity index (χ2v) is 6.26. The van der Waals surface area contributed by atoms with Gasteiger partial charge in [0, 0.05) is 25.2 Å². The molecule has 0 spiro atoms. The van der Waals surface area contributed by atoms with E-state index >= 15 is 0 Å². The van der Waals surface area contributed by atoms with Crippen molar-refractivity contribution in [2.45, 2.75) is 32.4 Å². The Morgan fingerprint density at radius 2 is 1.92 bits per heavy atom. The monoisotopic (exact) mass is 337 g/mol. The number of carbonyl (C=O) groups is 1. The van der Waals surface area contributed by atoms with Gasteiger partial charge in [-0.25, -0.2) is 4.79 Å². The van der Waals surface area contributed by atoms with Crippen molar-refractivity contribution in [3.05, 3.63) is 60.2 Å². The van der Waals surface area contributed by atoms with Crippen LogP contribution in [0.1, 0.15) is 25.3 Å². The van der Waals surface area contributed by atoms with Crippen LogP contribution in [0.25, 0.3) is 0 Å². The van der Waals surface area contributed by atoms with Crippen molar-refractivity contribution in [3.63, 3.8) is 0 Å². The minimum Gasteiger partial charge on any atom is -0.489 e. The summed E-state index contributed by atoms with van der Waals surface area (Å²) >= 11 is 0. The average Bonchev–Trinajstić information content (AvgIpc) is 2.94. The number of urea groups is 1. The van der Waals surface area contributed by atoms with E-state index in [1.165, 1.54) is 0 Å². The molecule has 1 aliphatic heterocycles. The van der Waals surface area contributed by atoms with E-state index in [9.17, 15) is 4.79 Å². The molecule has 1 saturated heterocycles. The lowest BCUT2D eigenvalue weighted by molar-refractivity contribution is 0.259. The van der Waals surface area contributed by atoms with E-state index in [2.05, 4.69) is 22.1 Å². The summed E-state index contributed by atoms with van der Waals surface area (Å²) in [7, 11) is 1.97. The standard InChI is InChI=1S/C20H23N3O2/c1-15-8-13-19(23(15)2)22-20(24)21-17-9-11-18(12-10-17)25-14-16-6-4-3-5-7-16/h3-7,9-12,15H,8,13-14H2,1-2H3,(H,21,24). The fraction of sp³-hybridized carbons (Fsp3) is 0.300. The zero-order chi connectivity index (χ0) is 17.6. The Bertz CT molecular complexity index is 741. The molecule has 1 N–H and O–H groups in total. The molecule has 1 atom stereocenters. The molecule has 2 aromatic rings. The molecule has 3 rings (SSSR count). The summed E-state index contributed by atoms with van der Waals surface area (Å²) in [6.45, 7) is 2.65. The van der Waals surface area contributed by atoms with Crippen molar-refractivity contribution in [2.24, 2.45) is 4.99 Å². The van der Waals surface area contributed by atoms with Crippen LogP contribution in [0, 0.1) is 0 Å². The minimum atomic E-state index is -0.339. The summed E-state index contributed by atoms with van der Waals surface area (Å²) in [6.07, 6.45) is 1.88. The largest absolute Gasteiger partial charge is 0.489 e. The Morgan fingerprint density at radius 3 is 2.56 bits per heavy atom. The molecule has 2 amide bonds. The molecule has 0 bridgehead atoms. The van der Waals surface area contributed by atoms with Gasteiger partial charge in [-0.3, -0.25) is 0 Å². The highest BCUT2D eigenvalue weighted by molar-refractivity contribution is 6.00. The Balaban J connectivity index is 1.54. The number of amides is 2. The maximum atomic E-state index is 12.1. The Labute approximate surface area is 148 Å². The van der Waals surface area contributed by atoms with Crippen LogP contribution >= 0.6 is 0 Å². The maximum absolute atomic E-state index is 12.1. The number of rotatable bonds is 4. The van der Waals surface area contributed by atoms with Crippen LogP contribution in [0.5, 0.6) is 5.75 Å². The van der Waals surface area contributed by atoms with Gasteiger partial charge in [0.05, 0.1) is 0 Å². The van der Waals surface area contributed by atoms with Crippen LogP contribution in [0.4, 0.5) is 10.5 Å². The van der Waals surface area contributed by atoms with Crippen molar-refractivity contribution >= 4 is 17.6 Å². The lowest BCUT2D eigenvalue weighted by Gasteiger charge is -2.17. The molecule has 0 saturated carbocycles. The molecule has 2 aromatic carbocycles. The van der Waals surface area contributed by atoms with Crippen molar-refractivity contribution in [3.8, 4) is 5.75 Å². The molecule has 0 radical (unpaired) electrons. The van der Waals surface area contributed by atoms with Gasteiger partial charge >= 0.3 is 6.03 Å². The van der Waals surface area contributed by atoms with Crippen molar-refractivity contribution in [1.29, 1.82) is 0 Å². The fourth-order valence-corrected chi connectivity index (χ4v) is 2.74. The predicted molar refractivity (Wildman–Crippen MR) is 100 cm³/mol. The summed E-state index contributed by atoms with van der Waals surface area (Å²) in [4.78, 5) is 18.3. The smallest absolute Gasteiger partial charge is 0.347 e. The van der Waals surface area contributed by atoms with Crippen LogP contribution < -0.4 is 10.1 Å². The molecule has 5 heteroatoms. The first kappa shape index (κ1) is 17.0. The first-order chi connectivity index (χ1) is 12.1. The third kappa shape index (κ3) is 4.59. The molecule has 5 nitrogen and oxygen atoms in total. The maximum Gasteiger partial charge on any atom is 0.347 e. The number of nitrogens with zero attached hydrogens (tertiary/aromatic N) is 2. The third-order valence-electron chi connectivity index (χ3n) is 4.44. The first-order valence-electron chi connectivity index (χ1n) is 8.50. The molecular weight excluding hydrogens is 314 g/mol. The fourth-order valence-electron chi connectivity index (χ4n) is 2.74. The zero-order valence-corrected chi connectivity index (χ0v) is 14.6. The minimum absolute atomic E-state index is 0.339. The van der Waals surface area contributed by atoms with Gasteiger partial charge in [-0.05, 0) is 43.2 Å². The molecule has 1 aliphatic rings. The SMILES string of the molecule is CC1CCC(=NC(=O)Nc2ccc(OCc3ccccc3)cc2)N1C. The number of carbonyl (C=O) groups excluding carboxylic acids is 1. The lowest BCUT2D eigenvalue weighted by atomic mass is 10.2. The number of nitrogens with one attached hydrogen (secondary N) is 1. The number of hydrogen-bond acceptors (Lipinski definition) is 2. The molecule has 25 heavy (non-hydrogen) atoms. The number of likely N-dealkylation sites (tertiary alicyclic amines) is 1. The number of benzene rings is 2. The molecule has 0 aromatic heterocycles. The lowest BCUT2D eigenvalue weighted by Crippen LogP contribution is -2.27. The number of amidine groups is 1. The van der Waals surface area contributed by atoms with Crippen molar-refractivity contribution in [2.75, 3.05) is 12.4 Å². The van der Waals surface area contributed by atoms with Gasteiger partial charge in [-0.15, -0.1) is 0 Å². The van der Waals surface area contributed by atoms with Gasteiger partial charge in [-0.1, -0.05) is 30.3 Å². The van der Waals surface area contributed by atoms with E-state index in [-0.39, 0.29) is 6.03 Å². The summed E-state index contributed by atoms with van der Waals surface area (Å²) in [5.41, 5.74) is 1.82. The van der Waals surface area contributed by atoms with Crippen LogP contribution in [0.3, 0.4) is 0 Å². The normalized spacial score (nSPS) is 18.4. The first-order valence-corrected chi connectivity index (χ1v) is 8.50. The van der Waals surface area contributed by atoms with Crippen LogP contribution in [0.15, 0.2) is 59.6 Å².